The molecule has 9 heteroatoms. The van der Waals surface area contributed by atoms with Gasteiger partial charge in [-0.25, -0.2) is 13.8 Å². The third-order valence-electron chi connectivity index (χ3n) is 4.57. The fourth-order valence-electron chi connectivity index (χ4n) is 3.22. The molecule has 0 spiro atoms. The quantitative estimate of drug-likeness (QED) is 0.682. The van der Waals surface area contributed by atoms with Crippen molar-refractivity contribution >= 4 is 29.4 Å². The summed E-state index contributed by atoms with van der Waals surface area (Å²) in [6, 6.07) is 4.95. The van der Waals surface area contributed by atoms with E-state index in [9.17, 15) is 14.0 Å². The van der Waals surface area contributed by atoms with Gasteiger partial charge in [-0.15, -0.1) is 10.1 Å². The zero-order valence-electron chi connectivity index (χ0n) is 14.0. The van der Waals surface area contributed by atoms with Crippen LogP contribution in [0.2, 0.25) is 0 Å². The number of nitrogens with zero attached hydrogens (tertiary/aromatic N) is 6. The van der Waals surface area contributed by atoms with Gasteiger partial charge in [0, 0.05) is 19.7 Å². The van der Waals surface area contributed by atoms with Crippen LogP contribution in [0.1, 0.15) is 5.56 Å². The van der Waals surface area contributed by atoms with Gasteiger partial charge in [-0.3, -0.25) is 14.6 Å². The molecule has 3 heterocycles. The Hall–Kier alpha value is -3.10. The summed E-state index contributed by atoms with van der Waals surface area (Å²) in [5.41, 5.74) is 1.46. The minimum absolute atomic E-state index is 0.322. The standard InChI is InChI=1S/C16H16FN6O2/c1-20-13-12(14(24)21(2)16(20)25)23-8-11(19-22(3)15(23)18-13)9-4-6-10(17)7-5-9/h4-7,12H,8H2,1-3H3/q+1. The van der Waals surface area contributed by atoms with Crippen LogP contribution in [0.15, 0.2) is 34.4 Å². The second-order valence-corrected chi connectivity index (χ2v) is 6.12. The highest BCUT2D eigenvalue weighted by atomic mass is 19.1. The van der Waals surface area contributed by atoms with E-state index < -0.39 is 12.1 Å². The number of guanidine groups is 1. The monoisotopic (exact) mass is 343 g/mol. The Labute approximate surface area is 143 Å². The Balaban J connectivity index is 1.72. The maximum absolute atomic E-state index is 13.2. The van der Waals surface area contributed by atoms with E-state index in [0.29, 0.717) is 24.1 Å². The second kappa shape index (κ2) is 5.20. The minimum Gasteiger partial charge on any atom is -0.270 e. The number of hydrazone groups is 1. The third-order valence-corrected chi connectivity index (χ3v) is 4.57. The number of amidine groups is 1. The van der Waals surface area contributed by atoms with Crippen LogP contribution < -0.4 is 0 Å². The molecule has 1 aromatic carbocycles. The molecular weight excluding hydrogens is 327 g/mol. The van der Waals surface area contributed by atoms with E-state index in [1.807, 2.05) is 4.58 Å². The van der Waals surface area contributed by atoms with Gasteiger partial charge >= 0.3 is 12.0 Å². The fraction of sp³-hybridized carbons (Fsp3) is 0.312. The highest BCUT2D eigenvalue weighted by molar-refractivity contribution is 6.23. The molecule has 0 radical (unpaired) electrons. The van der Waals surface area contributed by atoms with Crippen molar-refractivity contribution < 1.29 is 18.6 Å². The number of benzene rings is 1. The van der Waals surface area contributed by atoms with Crippen LogP contribution in [-0.2, 0) is 4.79 Å². The number of carbonyl (C=O) groups is 2. The third kappa shape index (κ3) is 2.15. The molecule has 3 aliphatic rings. The molecule has 8 nitrogen and oxygen atoms in total. The van der Waals surface area contributed by atoms with E-state index in [4.69, 9.17) is 0 Å². The lowest BCUT2D eigenvalue weighted by Crippen LogP contribution is -2.62. The van der Waals surface area contributed by atoms with Gasteiger partial charge in [0.15, 0.2) is 0 Å². The van der Waals surface area contributed by atoms with Gasteiger partial charge < -0.3 is 0 Å². The van der Waals surface area contributed by atoms with Crippen LogP contribution >= 0.6 is 0 Å². The summed E-state index contributed by atoms with van der Waals surface area (Å²) in [4.78, 5) is 31.7. The molecule has 0 saturated carbocycles. The molecule has 1 aromatic rings. The summed E-state index contributed by atoms with van der Waals surface area (Å²) in [7, 11) is 4.78. The Kier molecular flexibility index (Phi) is 3.21. The second-order valence-electron chi connectivity index (χ2n) is 6.12. The number of rotatable bonds is 1. The van der Waals surface area contributed by atoms with Crippen molar-refractivity contribution in [3.63, 3.8) is 0 Å². The molecule has 4 rings (SSSR count). The van der Waals surface area contributed by atoms with Crippen molar-refractivity contribution in [1.29, 1.82) is 0 Å². The SMILES string of the molecule is CN1N=C(c2ccc(F)cc2)C[N+]2=C1N=C1C2C(=O)N(C)C(=O)N1C. The average Bonchev–Trinajstić information content (AvgIpc) is 2.99. The number of hydrogen-bond donors (Lipinski definition) is 0. The minimum atomic E-state index is -0.670. The molecule has 1 fully saturated rings. The lowest BCUT2D eigenvalue weighted by atomic mass is 10.1. The largest absolute Gasteiger partial charge is 0.416 e. The molecule has 1 atom stereocenters. The molecule has 0 N–H and O–H groups in total. The number of amides is 3. The van der Waals surface area contributed by atoms with Crippen LogP contribution in [0.3, 0.4) is 0 Å². The molecular formula is C16H16FN6O2+. The van der Waals surface area contributed by atoms with Crippen LogP contribution in [0.25, 0.3) is 0 Å². The molecule has 3 amide bonds. The average molecular weight is 343 g/mol. The van der Waals surface area contributed by atoms with E-state index in [0.717, 1.165) is 10.5 Å². The first-order valence-corrected chi connectivity index (χ1v) is 7.73. The summed E-state index contributed by atoms with van der Waals surface area (Å²) in [6.07, 6.45) is 0. The van der Waals surface area contributed by atoms with Gasteiger partial charge in [0.05, 0.1) is 7.05 Å². The van der Waals surface area contributed by atoms with Gasteiger partial charge in [-0.1, -0.05) is 17.1 Å². The Morgan fingerprint density at radius 3 is 2.48 bits per heavy atom. The van der Waals surface area contributed by atoms with E-state index in [1.54, 1.807) is 31.2 Å². The number of carbonyl (C=O) groups excluding carboxylic acids is 2. The Morgan fingerprint density at radius 2 is 1.80 bits per heavy atom. The Bertz CT molecular complexity index is 888. The van der Waals surface area contributed by atoms with Crippen LogP contribution in [0, 0.1) is 5.82 Å². The van der Waals surface area contributed by atoms with Crippen LogP contribution in [0.4, 0.5) is 9.18 Å². The first kappa shape index (κ1) is 15.4. The van der Waals surface area contributed by atoms with Crippen molar-refractivity contribution in [3.05, 3.63) is 35.6 Å². The number of likely N-dealkylation sites (N-methyl/N-ethyl adjacent to an activating group) is 2. The summed E-state index contributed by atoms with van der Waals surface area (Å²) < 4.78 is 15.0. The molecule has 0 aliphatic carbocycles. The fourth-order valence-corrected chi connectivity index (χ4v) is 3.22. The molecule has 128 valence electrons. The zero-order chi connectivity index (χ0) is 17.9. The highest BCUT2D eigenvalue weighted by Gasteiger charge is 2.53. The normalized spacial score (nSPS) is 22.9. The summed E-state index contributed by atoms with van der Waals surface area (Å²) in [6.45, 7) is 0.338. The number of halogens is 1. The molecule has 0 bridgehead atoms. The van der Waals surface area contributed by atoms with E-state index in [2.05, 4.69) is 10.1 Å². The smallest absolute Gasteiger partial charge is 0.270 e. The molecule has 3 aliphatic heterocycles. The lowest BCUT2D eigenvalue weighted by Gasteiger charge is -2.32. The van der Waals surface area contributed by atoms with Crippen molar-refractivity contribution in [2.45, 2.75) is 6.04 Å². The number of aliphatic imine (C=N–C) groups is 1. The molecule has 25 heavy (non-hydrogen) atoms. The first-order valence-electron chi connectivity index (χ1n) is 7.73. The van der Waals surface area contributed by atoms with Crippen molar-refractivity contribution in [1.82, 2.24) is 14.8 Å². The summed E-state index contributed by atoms with van der Waals surface area (Å²) >= 11 is 0. The van der Waals surface area contributed by atoms with Crippen LogP contribution in [0.5, 0.6) is 0 Å². The van der Waals surface area contributed by atoms with Gasteiger partial charge in [-0.2, -0.15) is 0 Å². The first-order chi connectivity index (χ1) is 11.9. The molecule has 1 unspecified atom stereocenters. The number of urea groups is 1. The van der Waals surface area contributed by atoms with Crippen molar-refractivity contribution in [2.75, 3.05) is 27.7 Å². The maximum Gasteiger partial charge on any atom is 0.416 e. The summed E-state index contributed by atoms with van der Waals surface area (Å²) in [5.74, 6) is 0.252. The molecule has 1 saturated heterocycles. The maximum atomic E-state index is 13.2. The predicted octanol–water partition coefficient (Wildman–Crippen LogP) is 0.148. The topological polar surface area (TPSA) is 71.6 Å². The van der Waals surface area contributed by atoms with E-state index in [1.165, 1.54) is 24.1 Å². The number of imide groups is 1. The van der Waals surface area contributed by atoms with Gasteiger partial charge in [0.2, 0.25) is 11.9 Å². The van der Waals surface area contributed by atoms with Gasteiger partial charge in [0.25, 0.3) is 5.91 Å². The zero-order valence-corrected chi connectivity index (χ0v) is 14.0. The summed E-state index contributed by atoms with van der Waals surface area (Å²) in [5, 5.41) is 6.05. The van der Waals surface area contributed by atoms with E-state index in [-0.39, 0.29) is 11.7 Å². The van der Waals surface area contributed by atoms with Crippen LogP contribution in [-0.4, -0.2) is 82.6 Å². The van der Waals surface area contributed by atoms with Gasteiger partial charge in [0.1, 0.15) is 18.1 Å². The lowest BCUT2D eigenvalue weighted by molar-refractivity contribution is -0.527. The van der Waals surface area contributed by atoms with Crippen molar-refractivity contribution in [2.24, 2.45) is 10.1 Å². The van der Waals surface area contributed by atoms with Gasteiger partial charge in [-0.05, 0) is 12.1 Å². The Morgan fingerprint density at radius 1 is 1.12 bits per heavy atom. The molecule has 0 aromatic heterocycles. The predicted molar refractivity (Wildman–Crippen MR) is 88.0 cm³/mol. The number of hydrogen-bond acceptors (Lipinski definition) is 5. The highest BCUT2D eigenvalue weighted by Crippen LogP contribution is 2.22. The van der Waals surface area contributed by atoms with Crippen molar-refractivity contribution in [3.8, 4) is 0 Å². The number of fused-ring (bicyclic) bond motifs is 2. The van der Waals surface area contributed by atoms with E-state index >= 15 is 0 Å².